The number of aryl methyl sites for hydroxylation is 1. The van der Waals surface area contributed by atoms with E-state index < -0.39 is 6.09 Å². The molecule has 0 atom stereocenters. The van der Waals surface area contributed by atoms with E-state index in [-0.39, 0.29) is 17.2 Å². The molecule has 182 valence electrons. The molecule has 36 heavy (non-hydrogen) atoms. The van der Waals surface area contributed by atoms with E-state index in [9.17, 15) is 14.7 Å². The molecule has 5 aromatic rings. The van der Waals surface area contributed by atoms with Gasteiger partial charge in [0.05, 0.1) is 11.7 Å². The van der Waals surface area contributed by atoms with Crippen molar-refractivity contribution in [3.05, 3.63) is 46.5 Å². The molecule has 0 spiro atoms. The van der Waals surface area contributed by atoms with Gasteiger partial charge >= 0.3 is 6.09 Å². The van der Waals surface area contributed by atoms with E-state index in [0.717, 1.165) is 71.0 Å². The van der Waals surface area contributed by atoms with Crippen LogP contribution in [0.3, 0.4) is 0 Å². The van der Waals surface area contributed by atoms with Crippen LogP contribution in [-0.4, -0.2) is 48.6 Å². The number of benzene rings is 1. The number of hydrogen-bond acceptors (Lipinski definition) is 7. The van der Waals surface area contributed by atoms with Gasteiger partial charge in [0.25, 0.3) is 11.6 Å². The summed E-state index contributed by atoms with van der Waals surface area (Å²) in [6.45, 7) is 3.78. The van der Waals surface area contributed by atoms with Gasteiger partial charge in [-0.05, 0) is 62.3 Å². The number of carbonyl (C=O) groups is 1. The zero-order valence-corrected chi connectivity index (χ0v) is 19.8. The molecule has 4 aromatic heterocycles. The van der Waals surface area contributed by atoms with Crippen LogP contribution in [0.15, 0.2) is 39.8 Å². The third-order valence-electron chi connectivity index (χ3n) is 7.39. The molecule has 1 aromatic carbocycles. The number of aromatic nitrogens is 5. The fraction of sp³-hybridized carbons (Fsp3) is 0.346. The SMILES string of the molecule is Cc1c(-c2cnc3c(cnn3C(=O)O)c2)ccc2c3oc(N4CCCCC4)nc3c(=O)n(C3CC3)c12. The standard InChI is InChI=1S/C26H24N6O4/c1-14-18(15-11-16-13-28-32(26(34)35)23(16)27-12-15)7-8-19-21(14)31(17-5-6-17)24(33)20-22(19)36-25(29-20)30-9-3-2-4-10-30/h7-8,11-13,17H,2-6,9-10H2,1H3,(H,34,35). The van der Waals surface area contributed by atoms with Crippen molar-refractivity contribution in [3.8, 4) is 11.1 Å². The smallest absolute Gasteiger partial charge is 0.434 e. The van der Waals surface area contributed by atoms with E-state index in [1.54, 1.807) is 6.20 Å². The van der Waals surface area contributed by atoms with Crippen LogP contribution >= 0.6 is 0 Å². The number of pyridine rings is 2. The van der Waals surface area contributed by atoms with Crippen molar-refractivity contribution in [2.45, 2.75) is 45.1 Å². The lowest BCUT2D eigenvalue weighted by Crippen LogP contribution is -2.29. The maximum atomic E-state index is 13.7. The Morgan fingerprint density at radius 3 is 2.69 bits per heavy atom. The molecule has 5 heterocycles. The molecule has 10 nitrogen and oxygen atoms in total. The van der Waals surface area contributed by atoms with Crippen molar-refractivity contribution in [1.29, 1.82) is 0 Å². The second kappa shape index (κ2) is 7.64. The number of hydrogen-bond donors (Lipinski definition) is 1. The zero-order valence-electron chi connectivity index (χ0n) is 19.8. The van der Waals surface area contributed by atoms with E-state index in [2.05, 4.69) is 20.0 Å². The summed E-state index contributed by atoms with van der Waals surface area (Å²) in [5.74, 6) is 0. The molecule has 1 aliphatic heterocycles. The molecule has 0 bridgehead atoms. The van der Waals surface area contributed by atoms with Crippen molar-refractivity contribution in [2.24, 2.45) is 0 Å². The van der Waals surface area contributed by atoms with Crippen LogP contribution in [0.5, 0.6) is 0 Å². The Balaban J connectivity index is 1.45. The largest absolute Gasteiger partial charge is 0.463 e. The lowest BCUT2D eigenvalue weighted by molar-refractivity contribution is 0.194. The minimum absolute atomic E-state index is 0.108. The van der Waals surface area contributed by atoms with Gasteiger partial charge in [-0.15, -0.1) is 4.68 Å². The fourth-order valence-corrected chi connectivity index (χ4v) is 5.47. The molecule has 2 aliphatic rings. The first kappa shape index (κ1) is 21.1. The first-order chi connectivity index (χ1) is 17.5. The highest BCUT2D eigenvalue weighted by Crippen LogP contribution is 2.41. The average Bonchev–Trinajstić information content (AvgIpc) is 3.46. The molecule has 1 saturated heterocycles. The molecule has 0 unspecified atom stereocenters. The molecule has 1 N–H and O–H groups in total. The van der Waals surface area contributed by atoms with Gasteiger partial charge in [-0.2, -0.15) is 10.1 Å². The molecule has 1 saturated carbocycles. The van der Waals surface area contributed by atoms with Crippen LogP contribution in [0.2, 0.25) is 0 Å². The summed E-state index contributed by atoms with van der Waals surface area (Å²) in [5.41, 5.74) is 4.66. The number of carboxylic acid groups (broad SMARTS) is 1. The van der Waals surface area contributed by atoms with Crippen LogP contribution in [0.25, 0.3) is 44.2 Å². The Kier molecular flexibility index (Phi) is 4.48. The number of fused-ring (bicyclic) bond motifs is 4. The van der Waals surface area contributed by atoms with Crippen LogP contribution in [-0.2, 0) is 0 Å². The molecule has 2 fully saturated rings. The summed E-state index contributed by atoms with van der Waals surface area (Å²) < 4.78 is 9.02. The maximum absolute atomic E-state index is 13.7. The lowest BCUT2D eigenvalue weighted by atomic mass is 9.97. The van der Waals surface area contributed by atoms with E-state index in [1.165, 1.54) is 12.6 Å². The quantitative estimate of drug-likeness (QED) is 0.391. The molecule has 7 rings (SSSR count). The summed E-state index contributed by atoms with van der Waals surface area (Å²) in [6, 6.07) is 6.57. The summed E-state index contributed by atoms with van der Waals surface area (Å²) >= 11 is 0. The number of oxazole rings is 1. The predicted octanol–water partition coefficient (Wildman–Crippen LogP) is 4.71. The highest BCUT2D eigenvalue weighted by atomic mass is 16.4. The summed E-state index contributed by atoms with van der Waals surface area (Å²) in [7, 11) is 0. The van der Waals surface area contributed by atoms with Gasteiger partial charge < -0.3 is 19.0 Å². The summed E-state index contributed by atoms with van der Waals surface area (Å²) in [4.78, 5) is 36.3. The average molecular weight is 485 g/mol. The predicted molar refractivity (Wildman–Crippen MR) is 135 cm³/mol. The van der Waals surface area contributed by atoms with E-state index in [4.69, 9.17) is 4.42 Å². The van der Waals surface area contributed by atoms with Gasteiger partial charge in [0.2, 0.25) is 0 Å². The third-order valence-corrected chi connectivity index (χ3v) is 7.39. The topological polar surface area (TPSA) is 119 Å². The van der Waals surface area contributed by atoms with Gasteiger partial charge in [-0.3, -0.25) is 4.79 Å². The van der Waals surface area contributed by atoms with Gasteiger partial charge in [-0.25, -0.2) is 9.78 Å². The Labute approximate surface area is 204 Å². The van der Waals surface area contributed by atoms with Crippen LogP contribution in [0.1, 0.15) is 43.7 Å². The minimum Gasteiger partial charge on any atom is -0.463 e. The van der Waals surface area contributed by atoms with Gasteiger partial charge in [0, 0.05) is 41.7 Å². The number of piperidine rings is 1. The molecular weight excluding hydrogens is 460 g/mol. The molecule has 0 amide bonds. The molecule has 10 heteroatoms. The van der Waals surface area contributed by atoms with E-state index >= 15 is 0 Å². The zero-order chi connectivity index (χ0) is 24.6. The second-order valence-corrected chi connectivity index (χ2v) is 9.74. The highest BCUT2D eigenvalue weighted by molar-refractivity contribution is 6.04. The highest BCUT2D eigenvalue weighted by Gasteiger charge is 2.31. The van der Waals surface area contributed by atoms with Gasteiger partial charge in [-0.1, -0.05) is 6.07 Å². The Bertz CT molecular complexity index is 1750. The maximum Gasteiger partial charge on any atom is 0.434 e. The first-order valence-electron chi connectivity index (χ1n) is 12.3. The van der Waals surface area contributed by atoms with Crippen molar-refractivity contribution in [3.63, 3.8) is 0 Å². The van der Waals surface area contributed by atoms with Crippen LogP contribution in [0, 0.1) is 6.92 Å². The van der Waals surface area contributed by atoms with E-state index in [0.29, 0.717) is 22.5 Å². The Morgan fingerprint density at radius 1 is 1.14 bits per heavy atom. The Morgan fingerprint density at radius 2 is 1.94 bits per heavy atom. The van der Waals surface area contributed by atoms with Crippen molar-refractivity contribution < 1.29 is 14.3 Å². The van der Waals surface area contributed by atoms with E-state index in [1.807, 2.05) is 29.7 Å². The van der Waals surface area contributed by atoms with Crippen LogP contribution in [0.4, 0.5) is 10.8 Å². The number of nitrogens with zero attached hydrogens (tertiary/aromatic N) is 6. The Hall–Kier alpha value is -4.21. The molecule has 0 radical (unpaired) electrons. The summed E-state index contributed by atoms with van der Waals surface area (Å²) in [5, 5.41) is 14.7. The minimum atomic E-state index is -1.18. The monoisotopic (exact) mass is 484 g/mol. The number of rotatable bonds is 3. The summed E-state index contributed by atoms with van der Waals surface area (Å²) in [6.07, 6.45) is 7.28. The lowest BCUT2D eigenvalue weighted by Gasteiger charge is -2.24. The fourth-order valence-electron chi connectivity index (χ4n) is 5.47. The normalized spacial score (nSPS) is 16.4. The van der Waals surface area contributed by atoms with Gasteiger partial charge in [0.15, 0.2) is 16.7 Å². The van der Waals surface area contributed by atoms with Gasteiger partial charge in [0.1, 0.15) is 0 Å². The second-order valence-electron chi connectivity index (χ2n) is 9.74. The van der Waals surface area contributed by atoms with Crippen molar-refractivity contribution >= 4 is 45.1 Å². The molecular formula is C26H24N6O4. The number of anilines is 1. The third kappa shape index (κ3) is 3.06. The first-order valence-corrected chi connectivity index (χ1v) is 12.3. The van der Waals surface area contributed by atoms with Crippen LogP contribution < -0.4 is 10.5 Å². The van der Waals surface area contributed by atoms with Crippen molar-refractivity contribution in [2.75, 3.05) is 18.0 Å². The van der Waals surface area contributed by atoms with Crippen molar-refractivity contribution in [1.82, 2.24) is 24.3 Å². The molecule has 1 aliphatic carbocycles.